The fraction of sp³-hybridized carbons (Fsp3) is 0.130. The molecule has 0 saturated heterocycles. The minimum atomic E-state index is -0.214. The van der Waals surface area contributed by atoms with Crippen molar-refractivity contribution in [2.75, 3.05) is 5.32 Å². The minimum absolute atomic E-state index is 0.214. The summed E-state index contributed by atoms with van der Waals surface area (Å²) in [6.45, 7) is 5.88. The van der Waals surface area contributed by atoms with Crippen LogP contribution in [0.1, 0.15) is 27.4 Å². The third kappa shape index (κ3) is 3.13. The number of carbonyl (C=O) groups excluding carboxylic acids is 1. The van der Waals surface area contributed by atoms with Crippen molar-refractivity contribution in [3.8, 4) is 11.3 Å². The molecule has 30 heavy (non-hydrogen) atoms. The number of nitrogens with one attached hydrogen (secondary N) is 2. The quantitative estimate of drug-likeness (QED) is 0.414. The molecule has 2 aromatic carbocycles. The van der Waals surface area contributed by atoms with Gasteiger partial charge in [-0.2, -0.15) is 0 Å². The summed E-state index contributed by atoms with van der Waals surface area (Å²) < 4.78 is 0. The van der Waals surface area contributed by atoms with Crippen molar-refractivity contribution in [3.05, 3.63) is 70.5 Å². The highest BCUT2D eigenvalue weighted by Crippen LogP contribution is 2.34. The number of hydrogen-bond acceptors (Lipinski definition) is 5. The van der Waals surface area contributed by atoms with Crippen molar-refractivity contribution in [1.82, 2.24) is 19.9 Å². The summed E-state index contributed by atoms with van der Waals surface area (Å²) in [4.78, 5) is 29.9. The molecular weight excluding hydrogens is 394 g/mol. The van der Waals surface area contributed by atoms with Gasteiger partial charge in [0.05, 0.1) is 28.1 Å². The van der Waals surface area contributed by atoms with E-state index in [0.29, 0.717) is 16.2 Å². The summed E-state index contributed by atoms with van der Waals surface area (Å²) in [7, 11) is 0. The normalized spacial score (nSPS) is 11.3. The van der Waals surface area contributed by atoms with Crippen LogP contribution in [0.2, 0.25) is 0 Å². The van der Waals surface area contributed by atoms with E-state index in [1.165, 1.54) is 11.3 Å². The Morgan fingerprint density at radius 1 is 0.967 bits per heavy atom. The van der Waals surface area contributed by atoms with Gasteiger partial charge in [0, 0.05) is 33.1 Å². The first-order valence-electron chi connectivity index (χ1n) is 9.59. The molecule has 5 rings (SSSR count). The summed E-state index contributed by atoms with van der Waals surface area (Å²) in [6.07, 6.45) is 0. The molecule has 6 nitrogen and oxygen atoms in total. The minimum Gasteiger partial charge on any atom is -0.358 e. The summed E-state index contributed by atoms with van der Waals surface area (Å²) in [5, 5.41) is 6.56. The van der Waals surface area contributed by atoms with Gasteiger partial charge in [-0.3, -0.25) is 10.1 Å². The smallest absolute Gasteiger partial charge is 0.257 e. The van der Waals surface area contributed by atoms with Gasteiger partial charge in [-0.25, -0.2) is 15.0 Å². The summed E-state index contributed by atoms with van der Waals surface area (Å²) in [5.74, 6) is -0.214. The van der Waals surface area contributed by atoms with Crippen molar-refractivity contribution < 1.29 is 4.79 Å². The molecule has 7 heteroatoms. The lowest BCUT2D eigenvalue weighted by Gasteiger charge is -2.05. The Labute approximate surface area is 177 Å². The topological polar surface area (TPSA) is 83.6 Å². The SMILES string of the molecule is Cc1nc2ccc(C(=O)Nc3nc(-c4c(C)[nH]c5ccccc45)cs3)cc2nc1C. The molecular formula is C23H19N5OS. The molecule has 148 valence electrons. The van der Waals surface area contributed by atoms with Crippen molar-refractivity contribution in [1.29, 1.82) is 0 Å². The number of nitrogens with zero attached hydrogens (tertiary/aromatic N) is 3. The van der Waals surface area contributed by atoms with Gasteiger partial charge in [0.2, 0.25) is 0 Å². The number of para-hydroxylation sites is 1. The predicted octanol–water partition coefficient (Wildman–Crippen LogP) is 5.41. The van der Waals surface area contributed by atoms with Crippen LogP contribution < -0.4 is 5.32 Å². The van der Waals surface area contributed by atoms with Crippen LogP contribution in [0.3, 0.4) is 0 Å². The second kappa shape index (κ2) is 7.03. The van der Waals surface area contributed by atoms with E-state index < -0.39 is 0 Å². The Kier molecular flexibility index (Phi) is 4.33. The highest BCUT2D eigenvalue weighted by molar-refractivity contribution is 7.14. The lowest BCUT2D eigenvalue weighted by Crippen LogP contribution is -2.11. The zero-order chi connectivity index (χ0) is 20.8. The van der Waals surface area contributed by atoms with E-state index in [-0.39, 0.29) is 5.91 Å². The molecule has 0 radical (unpaired) electrons. The van der Waals surface area contributed by atoms with Gasteiger partial charge in [0.25, 0.3) is 5.91 Å². The van der Waals surface area contributed by atoms with E-state index in [1.54, 1.807) is 12.1 Å². The van der Waals surface area contributed by atoms with Crippen LogP contribution in [0, 0.1) is 20.8 Å². The number of H-pyrrole nitrogens is 1. The molecule has 0 spiro atoms. The summed E-state index contributed by atoms with van der Waals surface area (Å²) >= 11 is 1.41. The van der Waals surface area contributed by atoms with Gasteiger partial charge < -0.3 is 4.98 Å². The van der Waals surface area contributed by atoms with E-state index >= 15 is 0 Å². The maximum atomic E-state index is 12.8. The average molecular weight is 414 g/mol. The number of thiazole rings is 1. The number of aromatic amines is 1. The number of hydrogen-bond donors (Lipinski definition) is 2. The van der Waals surface area contributed by atoms with Crippen LogP contribution in [0.25, 0.3) is 33.2 Å². The number of rotatable bonds is 3. The zero-order valence-corrected chi connectivity index (χ0v) is 17.6. The highest BCUT2D eigenvalue weighted by atomic mass is 32.1. The highest BCUT2D eigenvalue weighted by Gasteiger charge is 2.15. The zero-order valence-electron chi connectivity index (χ0n) is 16.8. The number of aryl methyl sites for hydroxylation is 3. The Morgan fingerprint density at radius 2 is 1.73 bits per heavy atom. The third-order valence-electron chi connectivity index (χ3n) is 5.21. The predicted molar refractivity (Wildman–Crippen MR) is 121 cm³/mol. The molecule has 0 aliphatic carbocycles. The van der Waals surface area contributed by atoms with E-state index in [2.05, 4.69) is 31.3 Å². The largest absolute Gasteiger partial charge is 0.358 e. The second-order valence-electron chi connectivity index (χ2n) is 7.26. The first kappa shape index (κ1) is 18.4. The number of fused-ring (bicyclic) bond motifs is 2. The van der Waals surface area contributed by atoms with Crippen LogP contribution in [0.15, 0.2) is 47.8 Å². The van der Waals surface area contributed by atoms with Gasteiger partial charge in [0.1, 0.15) is 0 Å². The number of benzene rings is 2. The molecule has 0 saturated carbocycles. The van der Waals surface area contributed by atoms with Crippen molar-refractivity contribution in [2.24, 2.45) is 0 Å². The lowest BCUT2D eigenvalue weighted by atomic mass is 10.1. The standard InChI is InChI=1S/C23H19N5OS/c1-12-13(2)25-19-10-15(8-9-18(19)24-12)22(29)28-23-27-20(11-30-23)21-14(3)26-17-7-5-4-6-16(17)21/h4-11,26H,1-3H3,(H,27,28,29). The van der Waals surface area contributed by atoms with Crippen LogP contribution >= 0.6 is 11.3 Å². The molecule has 0 fully saturated rings. The molecule has 0 atom stereocenters. The van der Waals surface area contributed by atoms with E-state index in [0.717, 1.165) is 44.8 Å². The monoisotopic (exact) mass is 413 g/mol. The number of anilines is 1. The van der Waals surface area contributed by atoms with E-state index in [9.17, 15) is 4.79 Å². The van der Waals surface area contributed by atoms with Crippen molar-refractivity contribution in [3.63, 3.8) is 0 Å². The maximum absolute atomic E-state index is 12.8. The summed E-state index contributed by atoms with van der Waals surface area (Å²) in [5.41, 5.74) is 7.81. The van der Waals surface area contributed by atoms with Crippen LogP contribution in [0.5, 0.6) is 0 Å². The second-order valence-corrected chi connectivity index (χ2v) is 8.12. The third-order valence-corrected chi connectivity index (χ3v) is 5.97. The van der Waals surface area contributed by atoms with Crippen LogP contribution in [-0.4, -0.2) is 25.8 Å². The van der Waals surface area contributed by atoms with Gasteiger partial charge in [0.15, 0.2) is 5.13 Å². The van der Waals surface area contributed by atoms with Gasteiger partial charge in [-0.05, 0) is 45.0 Å². The first-order chi connectivity index (χ1) is 14.5. The van der Waals surface area contributed by atoms with E-state index in [4.69, 9.17) is 0 Å². The van der Waals surface area contributed by atoms with Gasteiger partial charge >= 0.3 is 0 Å². The molecule has 5 aromatic rings. The number of amides is 1. The summed E-state index contributed by atoms with van der Waals surface area (Å²) in [6, 6.07) is 13.5. The molecule has 0 unspecified atom stereocenters. The fourth-order valence-corrected chi connectivity index (χ4v) is 4.29. The van der Waals surface area contributed by atoms with Crippen LogP contribution in [-0.2, 0) is 0 Å². The molecule has 3 aromatic heterocycles. The average Bonchev–Trinajstić information content (AvgIpc) is 3.31. The molecule has 0 aliphatic rings. The Hall–Kier alpha value is -3.58. The van der Waals surface area contributed by atoms with Crippen LogP contribution in [0.4, 0.5) is 5.13 Å². The number of aromatic nitrogens is 4. The molecule has 2 N–H and O–H groups in total. The Bertz CT molecular complexity index is 1430. The Balaban J connectivity index is 1.43. The van der Waals surface area contributed by atoms with Crippen molar-refractivity contribution >= 4 is 44.3 Å². The fourth-order valence-electron chi connectivity index (χ4n) is 3.59. The van der Waals surface area contributed by atoms with E-state index in [1.807, 2.05) is 50.4 Å². The molecule has 0 aliphatic heterocycles. The first-order valence-corrected chi connectivity index (χ1v) is 10.5. The van der Waals surface area contributed by atoms with Gasteiger partial charge in [-0.15, -0.1) is 11.3 Å². The molecule has 3 heterocycles. The number of carbonyl (C=O) groups is 1. The molecule has 0 bridgehead atoms. The Morgan fingerprint density at radius 3 is 2.57 bits per heavy atom. The lowest BCUT2D eigenvalue weighted by molar-refractivity contribution is 0.102. The van der Waals surface area contributed by atoms with Gasteiger partial charge in [-0.1, -0.05) is 18.2 Å². The van der Waals surface area contributed by atoms with Crippen molar-refractivity contribution in [2.45, 2.75) is 20.8 Å². The maximum Gasteiger partial charge on any atom is 0.257 e. The molecule has 1 amide bonds.